The molecule has 0 unspecified atom stereocenters. The number of pyridine rings is 1. The molecule has 1 aromatic rings. The van der Waals surface area contributed by atoms with Crippen LogP contribution in [-0.2, 0) is 4.74 Å². The topological polar surface area (TPSA) is 71.2 Å². The molecule has 94 valence electrons. The lowest BCUT2D eigenvalue weighted by molar-refractivity contribution is 0.0870. The van der Waals surface area contributed by atoms with E-state index in [-0.39, 0.29) is 23.1 Å². The molecule has 0 fully saturated rings. The molecular formula is C12H18N2O3. The number of carbonyl (C=O) groups is 1. The van der Waals surface area contributed by atoms with Gasteiger partial charge >= 0.3 is 0 Å². The summed E-state index contributed by atoms with van der Waals surface area (Å²) in [5.74, 6) is -0.376. The van der Waals surface area contributed by atoms with Crippen LogP contribution in [0.1, 0.15) is 29.9 Å². The van der Waals surface area contributed by atoms with E-state index >= 15 is 0 Å². The van der Waals surface area contributed by atoms with Gasteiger partial charge in [0.2, 0.25) is 0 Å². The fourth-order valence-electron chi connectivity index (χ4n) is 1.39. The molecule has 0 aliphatic rings. The smallest absolute Gasteiger partial charge is 0.260 e. The van der Waals surface area contributed by atoms with E-state index in [1.807, 2.05) is 13.8 Å². The largest absolute Gasteiger partial charge is 0.380 e. The minimum Gasteiger partial charge on any atom is -0.380 e. The van der Waals surface area contributed by atoms with Crippen LogP contribution in [-0.4, -0.2) is 30.1 Å². The lowest BCUT2D eigenvalue weighted by atomic mass is 10.2. The maximum Gasteiger partial charge on any atom is 0.260 e. The first kappa shape index (κ1) is 13.4. The monoisotopic (exact) mass is 238 g/mol. The molecule has 5 nitrogen and oxygen atoms in total. The van der Waals surface area contributed by atoms with Crippen molar-refractivity contribution in [1.82, 2.24) is 10.3 Å². The SMILES string of the molecule is CCOC[C@@H](C)NC(=O)c1ccc(C)[nH]c1=O. The van der Waals surface area contributed by atoms with Crippen molar-refractivity contribution in [2.45, 2.75) is 26.8 Å². The molecule has 0 aromatic carbocycles. The van der Waals surface area contributed by atoms with E-state index in [1.165, 1.54) is 6.07 Å². The number of rotatable bonds is 5. The second kappa shape index (κ2) is 6.20. The van der Waals surface area contributed by atoms with Gasteiger partial charge in [-0.3, -0.25) is 9.59 Å². The molecule has 0 saturated heterocycles. The zero-order chi connectivity index (χ0) is 12.8. The Morgan fingerprint density at radius 3 is 2.82 bits per heavy atom. The van der Waals surface area contributed by atoms with E-state index in [2.05, 4.69) is 10.3 Å². The third-order valence-corrected chi connectivity index (χ3v) is 2.25. The summed E-state index contributed by atoms with van der Waals surface area (Å²) in [7, 11) is 0. The number of hydrogen-bond donors (Lipinski definition) is 2. The Morgan fingerprint density at radius 1 is 1.53 bits per heavy atom. The standard InChI is InChI=1S/C12H18N2O3/c1-4-17-7-9(3)14-12(16)10-6-5-8(2)13-11(10)15/h5-6,9H,4,7H2,1-3H3,(H,13,15)(H,14,16)/t9-/m1/s1. The molecule has 1 rings (SSSR count). The Balaban J connectivity index is 2.67. The van der Waals surface area contributed by atoms with Gasteiger partial charge in [0.05, 0.1) is 6.61 Å². The molecule has 17 heavy (non-hydrogen) atoms. The highest BCUT2D eigenvalue weighted by Crippen LogP contribution is 1.95. The summed E-state index contributed by atoms with van der Waals surface area (Å²) in [6.07, 6.45) is 0. The van der Waals surface area contributed by atoms with Crippen LogP contribution in [0.2, 0.25) is 0 Å². The van der Waals surface area contributed by atoms with Crippen LogP contribution in [0.3, 0.4) is 0 Å². The fraction of sp³-hybridized carbons (Fsp3) is 0.500. The van der Waals surface area contributed by atoms with Crippen molar-refractivity contribution >= 4 is 5.91 Å². The maximum atomic E-state index is 11.8. The summed E-state index contributed by atoms with van der Waals surface area (Å²) >= 11 is 0. The van der Waals surface area contributed by atoms with E-state index < -0.39 is 0 Å². The molecule has 1 atom stereocenters. The molecule has 0 radical (unpaired) electrons. The summed E-state index contributed by atoms with van der Waals surface area (Å²) in [6, 6.07) is 3.10. The summed E-state index contributed by atoms with van der Waals surface area (Å²) in [4.78, 5) is 25.9. The van der Waals surface area contributed by atoms with Gasteiger partial charge in [-0.05, 0) is 32.9 Å². The summed E-state index contributed by atoms with van der Waals surface area (Å²) in [5, 5.41) is 2.71. The second-order valence-electron chi connectivity index (χ2n) is 3.92. The molecular weight excluding hydrogens is 220 g/mol. The quantitative estimate of drug-likeness (QED) is 0.798. The highest BCUT2D eigenvalue weighted by atomic mass is 16.5. The number of aromatic amines is 1. The van der Waals surface area contributed by atoms with E-state index in [9.17, 15) is 9.59 Å². The minimum absolute atomic E-state index is 0.122. The zero-order valence-corrected chi connectivity index (χ0v) is 10.4. The van der Waals surface area contributed by atoms with Crippen molar-refractivity contribution in [3.05, 3.63) is 33.7 Å². The number of amides is 1. The molecule has 0 aliphatic carbocycles. The van der Waals surface area contributed by atoms with Crippen molar-refractivity contribution < 1.29 is 9.53 Å². The molecule has 5 heteroatoms. The van der Waals surface area contributed by atoms with E-state index in [0.29, 0.717) is 13.2 Å². The van der Waals surface area contributed by atoms with Gasteiger partial charge in [-0.25, -0.2) is 0 Å². The van der Waals surface area contributed by atoms with Crippen molar-refractivity contribution in [3.63, 3.8) is 0 Å². The molecule has 0 aliphatic heterocycles. The van der Waals surface area contributed by atoms with Crippen LogP contribution in [0.15, 0.2) is 16.9 Å². The number of aryl methyl sites for hydroxylation is 1. The number of ether oxygens (including phenoxy) is 1. The number of H-pyrrole nitrogens is 1. The highest BCUT2D eigenvalue weighted by molar-refractivity contribution is 5.93. The average Bonchev–Trinajstić information content (AvgIpc) is 2.26. The Bertz CT molecular complexity index is 440. The van der Waals surface area contributed by atoms with E-state index in [0.717, 1.165) is 5.69 Å². The minimum atomic E-state index is -0.376. The first-order valence-corrected chi connectivity index (χ1v) is 5.63. The van der Waals surface area contributed by atoms with Crippen LogP contribution < -0.4 is 10.9 Å². The van der Waals surface area contributed by atoms with Crippen molar-refractivity contribution in [3.8, 4) is 0 Å². The Labute approximate surface area is 100 Å². The molecule has 0 spiro atoms. The number of hydrogen-bond acceptors (Lipinski definition) is 3. The predicted octanol–water partition coefficient (Wildman–Crippen LogP) is 0.838. The van der Waals surface area contributed by atoms with Crippen molar-refractivity contribution in [2.75, 3.05) is 13.2 Å². The van der Waals surface area contributed by atoms with Crippen molar-refractivity contribution in [1.29, 1.82) is 0 Å². The van der Waals surface area contributed by atoms with Gasteiger partial charge in [0.1, 0.15) is 5.56 Å². The van der Waals surface area contributed by atoms with Gasteiger partial charge in [0, 0.05) is 18.3 Å². The molecule has 0 bridgehead atoms. The average molecular weight is 238 g/mol. The Kier molecular flexibility index (Phi) is 4.90. The predicted molar refractivity (Wildman–Crippen MR) is 65.2 cm³/mol. The van der Waals surface area contributed by atoms with Gasteiger partial charge < -0.3 is 15.0 Å². The maximum absolute atomic E-state index is 11.8. The molecule has 1 aromatic heterocycles. The molecule has 1 amide bonds. The first-order chi connectivity index (χ1) is 8.04. The van der Waals surface area contributed by atoms with Crippen LogP contribution in [0, 0.1) is 6.92 Å². The lowest BCUT2D eigenvalue weighted by Crippen LogP contribution is -2.38. The lowest BCUT2D eigenvalue weighted by Gasteiger charge is -2.13. The van der Waals surface area contributed by atoms with Gasteiger partial charge in [0.25, 0.3) is 11.5 Å². The zero-order valence-electron chi connectivity index (χ0n) is 10.4. The number of carbonyl (C=O) groups excluding carboxylic acids is 1. The van der Waals surface area contributed by atoms with Crippen LogP contribution in [0.4, 0.5) is 0 Å². The van der Waals surface area contributed by atoms with E-state index in [4.69, 9.17) is 4.74 Å². The van der Waals surface area contributed by atoms with Crippen LogP contribution in [0.5, 0.6) is 0 Å². The molecule has 2 N–H and O–H groups in total. The van der Waals surface area contributed by atoms with Crippen LogP contribution in [0.25, 0.3) is 0 Å². The third kappa shape index (κ3) is 4.03. The molecule has 0 saturated carbocycles. The third-order valence-electron chi connectivity index (χ3n) is 2.25. The summed E-state index contributed by atoms with van der Waals surface area (Å²) < 4.78 is 5.18. The normalized spacial score (nSPS) is 12.2. The Hall–Kier alpha value is -1.62. The molecule has 1 heterocycles. The van der Waals surface area contributed by atoms with Gasteiger partial charge in [-0.2, -0.15) is 0 Å². The number of nitrogens with one attached hydrogen (secondary N) is 2. The van der Waals surface area contributed by atoms with Gasteiger partial charge in [-0.1, -0.05) is 0 Å². The fourth-order valence-corrected chi connectivity index (χ4v) is 1.39. The Morgan fingerprint density at radius 2 is 2.24 bits per heavy atom. The number of aromatic nitrogens is 1. The summed E-state index contributed by atoms with van der Waals surface area (Å²) in [5.41, 5.74) is 0.485. The summed E-state index contributed by atoms with van der Waals surface area (Å²) in [6.45, 7) is 6.52. The van der Waals surface area contributed by atoms with Crippen molar-refractivity contribution in [2.24, 2.45) is 0 Å². The van der Waals surface area contributed by atoms with Gasteiger partial charge in [0.15, 0.2) is 0 Å². The van der Waals surface area contributed by atoms with Crippen LogP contribution >= 0.6 is 0 Å². The highest BCUT2D eigenvalue weighted by Gasteiger charge is 2.12. The van der Waals surface area contributed by atoms with Gasteiger partial charge in [-0.15, -0.1) is 0 Å². The first-order valence-electron chi connectivity index (χ1n) is 5.63. The van der Waals surface area contributed by atoms with E-state index in [1.54, 1.807) is 13.0 Å². The second-order valence-corrected chi connectivity index (χ2v) is 3.92.